The van der Waals surface area contributed by atoms with E-state index in [4.69, 9.17) is 5.73 Å². The van der Waals surface area contributed by atoms with Gasteiger partial charge in [0.05, 0.1) is 6.54 Å². The Bertz CT molecular complexity index is 522. The number of hydrogen-bond acceptors (Lipinski definition) is 2. The Kier molecular flexibility index (Phi) is 5.46. The number of benzene rings is 1. The predicted octanol–water partition coefficient (Wildman–Crippen LogP) is 2.53. The van der Waals surface area contributed by atoms with Crippen LogP contribution >= 0.6 is 0 Å². The number of rotatable bonds is 5. The van der Waals surface area contributed by atoms with Gasteiger partial charge in [-0.25, -0.2) is 0 Å². The summed E-state index contributed by atoms with van der Waals surface area (Å²) in [6.45, 7) is 11.6. The van der Waals surface area contributed by atoms with E-state index in [0.29, 0.717) is 18.5 Å². The van der Waals surface area contributed by atoms with Gasteiger partial charge in [0.2, 0.25) is 0 Å². The van der Waals surface area contributed by atoms with E-state index in [1.807, 2.05) is 0 Å². The van der Waals surface area contributed by atoms with Gasteiger partial charge in [0, 0.05) is 24.7 Å². The number of nitrogens with two attached hydrogens (primary N) is 1. The molecule has 4 heteroatoms. The fourth-order valence-electron chi connectivity index (χ4n) is 2.79. The van der Waals surface area contributed by atoms with Gasteiger partial charge < -0.3 is 11.1 Å². The number of guanidine groups is 1. The van der Waals surface area contributed by atoms with Crippen molar-refractivity contribution in [2.45, 2.75) is 58.7 Å². The third kappa shape index (κ3) is 4.23. The molecule has 22 heavy (non-hydrogen) atoms. The Balaban J connectivity index is 1.98. The summed E-state index contributed by atoms with van der Waals surface area (Å²) in [6, 6.07) is 9.10. The molecule has 0 fully saturated rings. The molecule has 3 N–H and O–H groups in total. The summed E-state index contributed by atoms with van der Waals surface area (Å²) in [5, 5.41) is 3.23. The molecule has 0 saturated heterocycles. The molecule has 0 saturated carbocycles. The number of nitrogens with zero attached hydrogens (tertiary/aromatic N) is 2. The number of hydrogen-bond donors (Lipinski definition) is 2. The van der Waals surface area contributed by atoms with Crippen LogP contribution in [0.15, 0.2) is 29.3 Å². The van der Waals surface area contributed by atoms with Crippen LogP contribution in [-0.4, -0.2) is 35.5 Å². The molecule has 1 aromatic carbocycles. The van der Waals surface area contributed by atoms with E-state index in [2.05, 4.69) is 67.2 Å². The first-order chi connectivity index (χ1) is 10.4. The van der Waals surface area contributed by atoms with Crippen LogP contribution in [0.2, 0.25) is 0 Å². The van der Waals surface area contributed by atoms with E-state index >= 15 is 0 Å². The Labute approximate surface area is 134 Å². The largest absolute Gasteiger partial charge is 0.370 e. The topological polar surface area (TPSA) is 53.6 Å². The summed E-state index contributed by atoms with van der Waals surface area (Å²) in [4.78, 5) is 7.07. The standard InChI is InChI=1S/C18H30N4/c1-5-14(2)21-17(19)20-13-18(3,4)22-11-10-15-8-6-7-9-16(15)12-22/h6-9,14H,5,10-13H2,1-4H3,(H3,19,20,21). The van der Waals surface area contributed by atoms with Crippen LogP contribution in [0.5, 0.6) is 0 Å². The zero-order chi connectivity index (χ0) is 16.2. The molecule has 1 unspecified atom stereocenters. The molecule has 0 radical (unpaired) electrons. The first kappa shape index (κ1) is 16.8. The fraction of sp³-hybridized carbons (Fsp3) is 0.611. The maximum Gasteiger partial charge on any atom is 0.188 e. The summed E-state index contributed by atoms with van der Waals surface area (Å²) in [6.07, 6.45) is 2.16. The molecule has 4 nitrogen and oxygen atoms in total. The minimum atomic E-state index is 0.00921. The van der Waals surface area contributed by atoms with E-state index in [-0.39, 0.29) is 5.54 Å². The van der Waals surface area contributed by atoms with Crippen molar-refractivity contribution in [3.05, 3.63) is 35.4 Å². The fourth-order valence-corrected chi connectivity index (χ4v) is 2.79. The van der Waals surface area contributed by atoms with Crippen molar-refractivity contribution in [2.24, 2.45) is 10.7 Å². The molecule has 1 atom stereocenters. The molecule has 1 heterocycles. The van der Waals surface area contributed by atoms with E-state index in [9.17, 15) is 0 Å². The molecule has 0 aliphatic carbocycles. The van der Waals surface area contributed by atoms with Gasteiger partial charge in [0.15, 0.2) is 5.96 Å². The molecule has 0 spiro atoms. The summed E-state index contributed by atoms with van der Waals surface area (Å²) >= 11 is 0. The average Bonchev–Trinajstić information content (AvgIpc) is 2.52. The Morgan fingerprint density at radius 1 is 1.36 bits per heavy atom. The molecule has 0 amide bonds. The van der Waals surface area contributed by atoms with Gasteiger partial charge in [-0.05, 0) is 44.7 Å². The molecule has 2 rings (SSSR count). The first-order valence-electron chi connectivity index (χ1n) is 8.30. The lowest BCUT2D eigenvalue weighted by Gasteiger charge is -2.40. The van der Waals surface area contributed by atoms with Gasteiger partial charge in [-0.1, -0.05) is 31.2 Å². The Morgan fingerprint density at radius 3 is 2.73 bits per heavy atom. The minimum absolute atomic E-state index is 0.00921. The molecular weight excluding hydrogens is 272 g/mol. The van der Waals surface area contributed by atoms with Gasteiger partial charge in [0.25, 0.3) is 0 Å². The molecule has 1 aliphatic rings. The zero-order valence-corrected chi connectivity index (χ0v) is 14.4. The highest BCUT2D eigenvalue weighted by molar-refractivity contribution is 5.78. The predicted molar refractivity (Wildman–Crippen MR) is 94.0 cm³/mol. The van der Waals surface area contributed by atoms with E-state index in [1.165, 1.54) is 11.1 Å². The Hall–Kier alpha value is -1.55. The maximum atomic E-state index is 5.98. The second kappa shape index (κ2) is 7.14. The second-order valence-corrected chi connectivity index (χ2v) is 6.91. The normalized spacial score (nSPS) is 17.9. The highest BCUT2D eigenvalue weighted by Gasteiger charge is 2.29. The molecule has 1 aromatic rings. The number of nitrogens with one attached hydrogen (secondary N) is 1. The molecule has 122 valence electrons. The third-order valence-electron chi connectivity index (χ3n) is 4.63. The summed E-state index contributed by atoms with van der Waals surface area (Å²) in [5.41, 5.74) is 8.92. The monoisotopic (exact) mass is 302 g/mol. The van der Waals surface area contributed by atoms with Crippen molar-refractivity contribution in [1.82, 2.24) is 10.2 Å². The molecular formula is C18H30N4. The van der Waals surface area contributed by atoms with Crippen molar-refractivity contribution in [3.8, 4) is 0 Å². The van der Waals surface area contributed by atoms with Gasteiger partial charge in [0.1, 0.15) is 0 Å². The summed E-state index contributed by atoms with van der Waals surface area (Å²) < 4.78 is 0. The Morgan fingerprint density at radius 2 is 2.05 bits per heavy atom. The van der Waals surface area contributed by atoms with Gasteiger partial charge in [-0.2, -0.15) is 0 Å². The van der Waals surface area contributed by atoms with Crippen LogP contribution in [0.1, 0.15) is 45.2 Å². The summed E-state index contributed by atoms with van der Waals surface area (Å²) in [7, 11) is 0. The van der Waals surface area contributed by atoms with Crippen molar-refractivity contribution in [1.29, 1.82) is 0 Å². The SMILES string of the molecule is CCC(C)NC(N)=NCC(C)(C)N1CCc2ccccc2C1. The van der Waals surface area contributed by atoms with Crippen molar-refractivity contribution in [3.63, 3.8) is 0 Å². The van der Waals surface area contributed by atoms with Crippen LogP contribution in [-0.2, 0) is 13.0 Å². The summed E-state index contributed by atoms with van der Waals surface area (Å²) in [5.74, 6) is 0.555. The lowest BCUT2D eigenvalue weighted by molar-refractivity contribution is 0.112. The lowest BCUT2D eigenvalue weighted by Crippen LogP contribution is -2.49. The van der Waals surface area contributed by atoms with E-state index in [0.717, 1.165) is 25.9 Å². The van der Waals surface area contributed by atoms with Crippen LogP contribution < -0.4 is 11.1 Å². The number of aliphatic imine (C=N–C) groups is 1. The molecule has 0 aromatic heterocycles. The van der Waals surface area contributed by atoms with Crippen molar-refractivity contribution in [2.75, 3.05) is 13.1 Å². The van der Waals surface area contributed by atoms with E-state index in [1.54, 1.807) is 0 Å². The zero-order valence-electron chi connectivity index (χ0n) is 14.4. The highest BCUT2D eigenvalue weighted by atomic mass is 15.2. The van der Waals surface area contributed by atoms with Crippen LogP contribution in [0.25, 0.3) is 0 Å². The first-order valence-corrected chi connectivity index (χ1v) is 8.30. The van der Waals surface area contributed by atoms with Crippen LogP contribution in [0.3, 0.4) is 0 Å². The number of fused-ring (bicyclic) bond motifs is 1. The smallest absolute Gasteiger partial charge is 0.188 e. The molecule has 1 aliphatic heterocycles. The molecule has 0 bridgehead atoms. The van der Waals surface area contributed by atoms with Crippen LogP contribution in [0.4, 0.5) is 0 Å². The average molecular weight is 302 g/mol. The third-order valence-corrected chi connectivity index (χ3v) is 4.63. The van der Waals surface area contributed by atoms with Crippen LogP contribution in [0, 0.1) is 0 Å². The van der Waals surface area contributed by atoms with Gasteiger partial charge >= 0.3 is 0 Å². The van der Waals surface area contributed by atoms with Crippen molar-refractivity contribution < 1.29 is 0 Å². The highest BCUT2D eigenvalue weighted by Crippen LogP contribution is 2.25. The van der Waals surface area contributed by atoms with Gasteiger partial charge in [-0.3, -0.25) is 9.89 Å². The second-order valence-electron chi connectivity index (χ2n) is 6.91. The lowest BCUT2D eigenvalue weighted by atomic mass is 9.94. The maximum absolute atomic E-state index is 5.98. The van der Waals surface area contributed by atoms with Gasteiger partial charge in [-0.15, -0.1) is 0 Å². The quantitative estimate of drug-likeness (QED) is 0.649. The minimum Gasteiger partial charge on any atom is -0.370 e. The van der Waals surface area contributed by atoms with Crippen molar-refractivity contribution >= 4 is 5.96 Å². The van der Waals surface area contributed by atoms with E-state index < -0.39 is 0 Å².